The molecule has 6 nitrogen and oxygen atoms in total. The van der Waals surface area contributed by atoms with Gasteiger partial charge in [0.25, 0.3) is 0 Å². The van der Waals surface area contributed by atoms with Crippen LogP contribution in [0.25, 0.3) is 0 Å². The van der Waals surface area contributed by atoms with Crippen LogP contribution in [0.3, 0.4) is 0 Å². The zero-order valence-electron chi connectivity index (χ0n) is 12.0. The third-order valence-electron chi connectivity index (χ3n) is 3.09. The molecule has 0 bridgehead atoms. The van der Waals surface area contributed by atoms with Gasteiger partial charge in [-0.2, -0.15) is 0 Å². The average Bonchev–Trinajstić information content (AvgIpc) is 2.86. The Morgan fingerprint density at radius 1 is 1.36 bits per heavy atom. The third-order valence-corrected chi connectivity index (χ3v) is 4.28. The fourth-order valence-electron chi connectivity index (χ4n) is 1.86. The summed E-state index contributed by atoms with van der Waals surface area (Å²) in [5.74, 6) is 0.323. The van der Waals surface area contributed by atoms with Gasteiger partial charge in [-0.25, -0.2) is 0 Å². The Labute approximate surface area is 137 Å². The molecule has 8 heteroatoms. The van der Waals surface area contributed by atoms with E-state index in [0.717, 1.165) is 0 Å². The Morgan fingerprint density at radius 2 is 2.05 bits per heavy atom. The summed E-state index contributed by atoms with van der Waals surface area (Å²) in [6.45, 7) is -0.0623. The smallest absolute Gasteiger partial charge is 0.243 e. The van der Waals surface area contributed by atoms with E-state index < -0.39 is 0 Å². The van der Waals surface area contributed by atoms with Gasteiger partial charge in [-0.1, -0.05) is 11.6 Å². The molecule has 0 spiro atoms. The van der Waals surface area contributed by atoms with Crippen molar-refractivity contribution in [2.75, 3.05) is 37.1 Å². The zero-order valence-corrected chi connectivity index (χ0v) is 13.6. The number of likely N-dealkylation sites (N-methyl/N-ethyl adjacent to an activating group) is 1. The second-order valence-electron chi connectivity index (χ2n) is 4.87. The van der Waals surface area contributed by atoms with Gasteiger partial charge in [-0.05, 0) is 24.3 Å². The van der Waals surface area contributed by atoms with Crippen LogP contribution in [-0.2, 0) is 14.4 Å². The van der Waals surface area contributed by atoms with Crippen LogP contribution in [0.5, 0.6) is 0 Å². The highest BCUT2D eigenvalue weighted by atomic mass is 35.5. The van der Waals surface area contributed by atoms with Gasteiger partial charge in [-0.3, -0.25) is 14.4 Å². The fraction of sp³-hybridized carbons (Fsp3) is 0.357. The predicted molar refractivity (Wildman–Crippen MR) is 86.8 cm³/mol. The Bertz CT molecular complexity index is 579. The minimum atomic E-state index is -0.305. The summed E-state index contributed by atoms with van der Waals surface area (Å²) >= 11 is 7.24. The number of halogens is 1. The first-order valence-electron chi connectivity index (χ1n) is 6.60. The minimum Gasteiger partial charge on any atom is -0.335 e. The predicted octanol–water partition coefficient (Wildman–Crippen LogP) is 1.27. The SMILES string of the molecule is CN(CC(=O)Nc1ccc(Cl)cc1)C(=O)CN1CSCC1=O. The molecule has 1 saturated heterocycles. The van der Waals surface area contributed by atoms with Crippen LogP contribution in [0.1, 0.15) is 0 Å². The Balaban J connectivity index is 1.81. The number of hydrogen-bond acceptors (Lipinski definition) is 4. The molecule has 0 saturated carbocycles. The number of nitrogens with one attached hydrogen (secondary N) is 1. The molecule has 2 rings (SSSR count). The molecular weight excluding hydrogens is 326 g/mol. The van der Waals surface area contributed by atoms with Gasteiger partial charge >= 0.3 is 0 Å². The summed E-state index contributed by atoms with van der Waals surface area (Å²) in [5, 5.41) is 3.26. The number of nitrogens with zero attached hydrogens (tertiary/aromatic N) is 2. The van der Waals surface area contributed by atoms with Crippen LogP contribution >= 0.6 is 23.4 Å². The van der Waals surface area contributed by atoms with Gasteiger partial charge in [0.1, 0.15) is 6.54 Å². The fourth-order valence-corrected chi connectivity index (χ4v) is 2.89. The third kappa shape index (κ3) is 4.64. The first-order valence-corrected chi connectivity index (χ1v) is 8.14. The lowest BCUT2D eigenvalue weighted by Gasteiger charge is -2.20. The molecule has 1 fully saturated rings. The van der Waals surface area contributed by atoms with Crippen molar-refractivity contribution in [2.24, 2.45) is 0 Å². The second-order valence-corrected chi connectivity index (χ2v) is 6.27. The zero-order chi connectivity index (χ0) is 16.1. The van der Waals surface area contributed by atoms with Crippen molar-refractivity contribution >= 4 is 46.8 Å². The lowest BCUT2D eigenvalue weighted by Crippen LogP contribution is -2.42. The normalized spacial score (nSPS) is 14.1. The Morgan fingerprint density at radius 3 is 2.64 bits per heavy atom. The molecular formula is C14H16ClN3O3S. The number of thioether (sulfide) groups is 1. The van der Waals surface area contributed by atoms with E-state index in [0.29, 0.717) is 22.3 Å². The van der Waals surface area contributed by atoms with Gasteiger partial charge in [-0.15, -0.1) is 11.8 Å². The van der Waals surface area contributed by atoms with Crippen LogP contribution in [0.4, 0.5) is 5.69 Å². The molecule has 0 aliphatic carbocycles. The topological polar surface area (TPSA) is 69.7 Å². The summed E-state index contributed by atoms with van der Waals surface area (Å²) < 4.78 is 0. The Kier molecular flexibility index (Phi) is 5.68. The largest absolute Gasteiger partial charge is 0.335 e. The van der Waals surface area contributed by atoms with E-state index in [4.69, 9.17) is 11.6 Å². The number of rotatable bonds is 5. The highest BCUT2D eigenvalue weighted by Crippen LogP contribution is 2.15. The van der Waals surface area contributed by atoms with E-state index in [9.17, 15) is 14.4 Å². The quantitative estimate of drug-likeness (QED) is 0.875. The molecule has 0 atom stereocenters. The highest BCUT2D eigenvalue weighted by molar-refractivity contribution is 8.00. The summed E-state index contributed by atoms with van der Waals surface area (Å²) in [6.07, 6.45) is 0. The number of carbonyl (C=O) groups excluding carboxylic acids is 3. The van der Waals surface area contributed by atoms with Crippen molar-refractivity contribution in [3.63, 3.8) is 0 Å². The minimum absolute atomic E-state index is 0.0105. The molecule has 0 radical (unpaired) electrons. The first kappa shape index (κ1) is 16.6. The summed E-state index contributed by atoms with van der Waals surface area (Å²) in [7, 11) is 1.54. The lowest BCUT2D eigenvalue weighted by atomic mass is 10.3. The molecule has 0 unspecified atom stereocenters. The van der Waals surface area contributed by atoms with E-state index in [-0.39, 0.29) is 30.8 Å². The number of carbonyl (C=O) groups is 3. The molecule has 1 heterocycles. The molecule has 1 aliphatic rings. The number of anilines is 1. The van der Waals surface area contributed by atoms with E-state index in [2.05, 4.69) is 5.32 Å². The summed E-state index contributed by atoms with van der Waals surface area (Å²) in [4.78, 5) is 38.2. The van der Waals surface area contributed by atoms with Crippen LogP contribution < -0.4 is 5.32 Å². The van der Waals surface area contributed by atoms with Gasteiger partial charge in [0.2, 0.25) is 17.7 Å². The van der Waals surface area contributed by atoms with Crippen LogP contribution in [0.15, 0.2) is 24.3 Å². The lowest BCUT2D eigenvalue weighted by molar-refractivity contribution is -0.138. The van der Waals surface area contributed by atoms with Crippen molar-refractivity contribution in [3.05, 3.63) is 29.3 Å². The van der Waals surface area contributed by atoms with E-state index in [1.165, 1.54) is 28.6 Å². The van der Waals surface area contributed by atoms with Crippen LogP contribution in [-0.4, -0.2) is 59.3 Å². The molecule has 1 aromatic carbocycles. The second kappa shape index (κ2) is 7.51. The molecule has 118 valence electrons. The monoisotopic (exact) mass is 341 g/mol. The van der Waals surface area contributed by atoms with Crippen molar-refractivity contribution < 1.29 is 14.4 Å². The van der Waals surface area contributed by atoms with E-state index in [1.54, 1.807) is 24.3 Å². The van der Waals surface area contributed by atoms with Crippen LogP contribution in [0, 0.1) is 0 Å². The summed E-state index contributed by atoms with van der Waals surface area (Å²) in [6, 6.07) is 6.70. The van der Waals surface area contributed by atoms with Crippen LogP contribution in [0.2, 0.25) is 5.02 Å². The maximum atomic E-state index is 12.0. The molecule has 0 aromatic heterocycles. The number of amides is 3. The van der Waals surface area contributed by atoms with Crippen molar-refractivity contribution in [2.45, 2.75) is 0 Å². The standard InChI is InChI=1S/C14H16ClN3O3S/c1-17(13(20)7-18-9-22-8-14(18)21)6-12(19)16-11-4-2-10(15)3-5-11/h2-5H,6-9H2,1H3,(H,16,19). The van der Waals surface area contributed by atoms with E-state index in [1.807, 2.05) is 0 Å². The molecule has 22 heavy (non-hydrogen) atoms. The molecule has 1 aromatic rings. The summed E-state index contributed by atoms with van der Waals surface area (Å²) in [5.41, 5.74) is 0.612. The number of benzene rings is 1. The molecule has 3 amide bonds. The molecule has 1 aliphatic heterocycles. The maximum absolute atomic E-state index is 12.0. The Hall–Kier alpha value is -1.73. The van der Waals surface area contributed by atoms with Gasteiger partial charge < -0.3 is 15.1 Å². The van der Waals surface area contributed by atoms with Gasteiger partial charge in [0, 0.05) is 17.8 Å². The van der Waals surface area contributed by atoms with Gasteiger partial charge in [0.05, 0.1) is 18.2 Å². The average molecular weight is 342 g/mol. The van der Waals surface area contributed by atoms with Crippen molar-refractivity contribution in [3.8, 4) is 0 Å². The van der Waals surface area contributed by atoms with Gasteiger partial charge in [0.15, 0.2) is 0 Å². The van der Waals surface area contributed by atoms with Crippen molar-refractivity contribution in [1.82, 2.24) is 9.80 Å². The number of hydrogen-bond donors (Lipinski definition) is 1. The van der Waals surface area contributed by atoms with Crippen molar-refractivity contribution in [1.29, 1.82) is 0 Å². The highest BCUT2D eigenvalue weighted by Gasteiger charge is 2.24. The maximum Gasteiger partial charge on any atom is 0.243 e. The molecule has 1 N–H and O–H groups in total. The van der Waals surface area contributed by atoms with E-state index >= 15 is 0 Å². The first-order chi connectivity index (χ1) is 10.5.